The van der Waals surface area contributed by atoms with Gasteiger partial charge in [-0.15, -0.1) is 0 Å². The molecule has 1 aromatic rings. The first kappa shape index (κ1) is 13.3. The van der Waals surface area contributed by atoms with Gasteiger partial charge in [-0.25, -0.2) is 0 Å². The Kier molecular flexibility index (Phi) is 5.46. The number of nitrogens with zero attached hydrogens (tertiary/aromatic N) is 1. The van der Waals surface area contributed by atoms with Crippen LogP contribution < -0.4 is 5.32 Å². The molecular formula is C15H24N2O. The van der Waals surface area contributed by atoms with E-state index in [4.69, 9.17) is 4.74 Å². The van der Waals surface area contributed by atoms with E-state index in [-0.39, 0.29) is 0 Å². The molecule has 0 bridgehead atoms. The Morgan fingerprint density at radius 2 is 2.17 bits per heavy atom. The van der Waals surface area contributed by atoms with Gasteiger partial charge >= 0.3 is 0 Å². The van der Waals surface area contributed by atoms with Crippen LogP contribution in [0, 0.1) is 5.92 Å². The standard InChI is InChI=1S/C15H24N2O/c1-2-16-14-8-9-17-15(10-14)12-18-11-13-6-4-3-5-7-13/h8-10,13H,2-7,11-12H2,1H3,(H,16,17). The number of ether oxygens (including phenoxy) is 1. The van der Waals surface area contributed by atoms with Crippen molar-refractivity contribution in [1.29, 1.82) is 0 Å². The van der Waals surface area contributed by atoms with Gasteiger partial charge in [0.1, 0.15) is 0 Å². The van der Waals surface area contributed by atoms with Crippen LogP contribution in [-0.4, -0.2) is 18.1 Å². The van der Waals surface area contributed by atoms with Crippen molar-refractivity contribution in [2.75, 3.05) is 18.5 Å². The molecule has 0 atom stereocenters. The second-order valence-corrected chi connectivity index (χ2v) is 5.09. The highest BCUT2D eigenvalue weighted by molar-refractivity contribution is 5.42. The minimum absolute atomic E-state index is 0.635. The number of hydrogen-bond donors (Lipinski definition) is 1. The summed E-state index contributed by atoms with van der Waals surface area (Å²) < 4.78 is 5.80. The lowest BCUT2D eigenvalue weighted by molar-refractivity contribution is 0.0721. The Morgan fingerprint density at radius 1 is 1.33 bits per heavy atom. The fraction of sp³-hybridized carbons (Fsp3) is 0.667. The summed E-state index contributed by atoms with van der Waals surface area (Å²) in [5.74, 6) is 0.774. The molecule has 0 unspecified atom stereocenters. The first-order valence-electron chi connectivity index (χ1n) is 7.15. The van der Waals surface area contributed by atoms with Crippen LogP contribution in [0.5, 0.6) is 0 Å². The normalized spacial score (nSPS) is 16.7. The lowest BCUT2D eigenvalue weighted by Crippen LogP contribution is -2.13. The fourth-order valence-electron chi connectivity index (χ4n) is 2.56. The smallest absolute Gasteiger partial charge is 0.0888 e. The summed E-state index contributed by atoms with van der Waals surface area (Å²) in [7, 11) is 0. The highest BCUT2D eigenvalue weighted by Gasteiger charge is 2.13. The number of anilines is 1. The molecule has 0 aliphatic heterocycles. The molecule has 1 fully saturated rings. The van der Waals surface area contributed by atoms with E-state index in [1.54, 1.807) is 0 Å². The average Bonchev–Trinajstić information content (AvgIpc) is 2.41. The molecular weight excluding hydrogens is 224 g/mol. The molecule has 1 aliphatic rings. The van der Waals surface area contributed by atoms with E-state index in [9.17, 15) is 0 Å². The maximum atomic E-state index is 5.80. The van der Waals surface area contributed by atoms with Crippen molar-refractivity contribution in [3.05, 3.63) is 24.0 Å². The average molecular weight is 248 g/mol. The van der Waals surface area contributed by atoms with Crippen molar-refractivity contribution in [3.8, 4) is 0 Å². The van der Waals surface area contributed by atoms with Gasteiger partial charge in [0.2, 0.25) is 0 Å². The summed E-state index contributed by atoms with van der Waals surface area (Å²) >= 11 is 0. The van der Waals surface area contributed by atoms with Gasteiger partial charge in [0.05, 0.1) is 12.3 Å². The van der Waals surface area contributed by atoms with Gasteiger partial charge in [-0.2, -0.15) is 0 Å². The number of rotatable bonds is 6. The molecule has 18 heavy (non-hydrogen) atoms. The molecule has 1 aliphatic carbocycles. The van der Waals surface area contributed by atoms with Gasteiger partial charge in [0.15, 0.2) is 0 Å². The monoisotopic (exact) mass is 248 g/mol. The Balaban J connectivity index is 1.73. The Labute approximate surface area is 110 Å². The quantitative estimate of drug-likeness (QED) is 0.835. The summed E-state index contributed by atoms with van der Waals surface area (Å²) in [6.45, 7) is 4.56. The first-order chi connectivity index (χ1) is 8.88. The minimum Gasteiger partial charge on any atom is -0.385 e. The second kappa shape index (κ2) is 7.37. The summed E-state index contributed by atoms with van der Waals surface area (Å²) in [4.78, 5) is 4.34. The molecule has 1 aromatic heterocycles. The Morgan fingerprint density at radius 3 is 2.94 bits per heavy atom. The number of hydrogen-bond acceptors (Lipinski definition) is 3. The molecule has 0 aromatic carbocycles. The van der Waals surface area contributed by atoms with Crippen LogP contribution in [0.2, 0.25) is 0 Å². The third kappa shape index (κ3) is 4.30. The van der Waals surface area contributed by atoms with E-state index in [0.717, 1.165) is 30.5 Å². The minimum atomic E-state index is 0.635. The summed E-state index contributed by atoms with van der Waals surface area (Å²) in [5.41, 5.74) is 2.15. The van der Waals surface area contributed by atoms with Crippen molar-refractivity contribution in [1.82, 2.24) is 4.98 Å². The largest absolute Gasteiger partial charge is 0.385 e. The topological polar surface area (TPSA) is 34.2 Å². The molecule has 0 radical (unpaired) electrons. The number of aromatic nitrogens is 1. The van der Waals surface area contributed by atoms with Crippen molar-refractivity contribution < 1.29 is 4.74 Å². The first-order valence-corrected chi connectivity index (χ1v) is 7.15. The fourth-order valence-corrected chi connectivity index (χ4v) is 2.56. The highest BCUT2D eigenvalue weighted by atomic mass is 16.5. The highest BCUT2D eigenvalue weighted by Crippen LogP contribution is 2.23. The van der Waals surface area contributed by atoms with Crippen molar-refractivity contribution >= 4 is 5.69 Å². The molecule has 2 rings (SSSR count). The third-order valence-electron chi connectivity index (χ3n) is 3.53. The van der Waals surface area contributed by atoms with Gasteiger partial charge in [-0.1, -0.05) is 19.3 Å². The van der Waals surface area contributed by atoms with Crippen LogP contribution >= 0.6 is 0 Å². The van der Waals surface area contributed by atoms with E-state index in [0.29, 0.717) is 6.61 Å². The molecule has 0 spiro atoms. The summed E-state index contributed by atoms with van der Waals surface area (Å²) in [6.07, 6.45) is 8.68. The van der Waals surface area contributed by atoms with Gasteiger partial charge in [-0.05, 0) is 37.8 Å². The van der Waals surface area contributed by atoms with Crippen molar-refractivity contribution in [2.24, 2.45) is 5.92 Å². The zero-order valence-corrected chi connectivity index (χ0v) is 11.3. The van der Waals surface area contributed by atoms with Crippen LogP contribution in [0.3, 0.4) is 0 Å². The number of pyridine rings is 1. The van der Waals surface area contributed by atoms with Crippen LogP contribution in [0.1, 0.15) is 44.7 Å². The maximum Gasteiger partial charge on any atom is 0.0888 e. The maximum absolute atomic E-state index is 5.80. The zero-order chi connectivity index (χ0) is 12.6. The van der Waals surface area contributed by atoms with Crippen LogP contribution in [0.25, 0.3) is 0 Å². The predicted molar refractivity (Wildman–Crippen MR) is 74.6 cm³/mol. The Bertz CT molecular complexity index is 348. The zero-order valence-electron chi connectivity index (χ0n) is 11.3. The van der Waals surface area contributed by atoms with Crippen LogP contribution in [-0.2, 0) is 11.3 Å². The summed E-state index contributed by atoms with van der Waals surface area (Å²) in [6, 6.07) is 4.07. The molecule has 1 N–H and O–H groups in total. The predicted octanol–water partition coefficient (Wildman–Crippen LogP) is 3.61. The van der Waals surface area contributed by atoms with Crippen molar-refractivity contribution in [2.45, 2.75) is 45.6 Å². The van der Waals surface area contributed by atoms with E-state index in [1.165, 1.54) is 32.1 Å². The van der Waals surface area contributed by atoms with Gasteiger partial charge < -0.3 is 10.1 Å². The lowest BCUT2D eigenvalue weighted by Gasteiger charge is -2.21. The molecule has 1 saturated carbocycles. The van der Waals surface area contributed by atoms with E-state index in [1.807, 2.05) is 12.3 Å². The van der Waals surface area contributed by atoms with Crippen LogP contribution in [0.4, 0.5) is 5.69 Å². The SMILES string of the molecule is CCNc1ccnc(COCC2CCCCC2)c1. The van der Waals surface area contributed by atoms with Gasteiger partial charge in [-0.3, -0.25) is 4.98 Å². The summed E-state index contributed by atoms with van der Waals surface area (Å²) in [5, 5.41) is 3.29. The molecule has 3 heteroatoms. The van der Waals surface area contributed by atoms with Gasteiger partial charge in [0, 0.05) is 25.0 Å². The third-order valence-corrected chi connectivity index (χ3v) is 3.53. The van der Waals surface area contributed by atoms with Gasteiger partial charge in [0.25, 0.3) is 0 Å². The second-order valence-electron chi connectivity index (χ2n) is 5.09. The molecule has 3 nitrogen and oxygen atoms in total. The van der Waals surface area contributed by atoms with E-state index >= 15 is 0 Å². The number of nitrogens with one attached hydrogen (secondary N) is 1. The molecule has 0 saturated heterocycles. The van der Waals surface area contributed by atoms with Crippen LogP contribution in [0.15, 0.2) is 18.3 Å². The van der Waals surface area contributed by atoms with Crippen molar-refractivity contribution in [3.63, 3.8) is 0 Å². The Hall–Kier alpha value is -1.09. The molecule has 0 amide bonds. The van der Waals surface area contributed by atoms with E-state index in [2.05, 4.69) is 23.3 Å². The molecule has 1 heterocycles. The lowest BCUT2D eigenvalue weighted by atomic mass is 9.90. The molecule has 100 valence electrons. The van der Waals surface area contributed by atoms with E-state index < -0.39 is 0 Å².